The monoisotopic (exact) mass is 1650 g/mol. The van der Waals surface area contributed by atoms with E-state index in [2.05, 4.69) is 83.1 Å². The molecule has 1 saturated carbocycles. The standard InChI is InChI=1S/C94H185O19P/c1-70-37-26-24-22-20-18-16-14-13-15-17-19-21-23-25-27-61-108-82(68-110-94-92(103)86(97)85(96)84(65-95)112-94)66-106-62-58-79(10)53-34-48-74(5)43-30-41-72(3)46-32-51-77(8)56-57-78(9)52-33-47-73(4)42-31-44-75(6)49-35-54-80(11)59-63-107-67-83(69-111-114(104,105)113-93-90(101)88(99)87(98)89(100)91(93)102)109-64-60-81(12)55-36-50-76(7)45-29-40-71(2)39-28-38-70/h70-103H,13-69H2,1-12H3,(H,104,105)/t70-,71-,72+,73+,74-,75-,76-,77+,78+,79-,80-,81-,82+,83+,84-,85-,86+,87?,88-,89+,90-,91-,92-,93?,94-/m1/s1. The fourth-order valence-corrected chi connectivity index (χ4v) is 18.6. The van der Waals surface area contributed by atoms with Gasteiger partial charge in [0, 0.05) is 26.4 Å². The second-order valence-electron chi connectivity index (χ2n) is 38.6. The van der Waals surface area contributed by atoms with Crippen LogP contribution in [0.15, 0.2) is 0 Å². The lowest BCUT2D eigenvalue weighted by molar-refractivity contribution is -0.306. The van der Waals surface area contributed by atoms with Crippen molar-refractivity contribution < 1.29 is 92.9 Å². The van der Waals surface area contributed by atoms with Gasteiger partial charge in [0.2, 0.25) is 0 Å². The Bertz CT molecular complexity index is 2230. The molecule has 0 aromatic carbocycles. The van der Waals surface area contributed by atoms with E-state index in [0.29, 0.717) is 62.6 Å². The second-order valence-corrected chi connectivity index (χ2v) is 40.0. The van der Waals surface area contributed by atoms with Crippen LogP contribution in [0.4, 0.5) is 0 Å². The fraction of sp³-hybridized carbons (Fsp3) is 1.00. The van der Waals surface area contributed by atoms with E-state index in [1.165, 1.54) is 257 Å². The first-order valence-electron chi connectivity index (χ1n) is 48.0. The number of aliphatic hydroxyl groups is 9. The summed E-state index contributed by atoms with van der Waals surface area (Å²) in [5, 5.41) is 92.5. The average Bonchev–Trinajstić information content (AvgIpc) is 0.799. The van der Waals surface area contributed by atoms with Gasteiger partial charge < -0.3 is 79.3 Å². The van der Waals surface area contributed by atoms with Gasteiger partial charge in [0.15, 0.2) is 6.29 Å². The van der Waals surface area contributed by atoms with Gasteiger partial charge in [-0.05, 0) is 96.7 Å². The molecule has 2 saturated heterocycles. The molecule has 26 atom stereocenters. The van der Waals surface area contributed by atoms with Gasteiger partial charge in [-0.15, -0.1) is 0 Å². The molecular weight excluding hydrogens is 1460 g/mol. The fourth-order valence-electron chi connectivity index (χ4n) is 17.6. The summed E-state index contributed by atoms with van der Waals surface area (Å²) in [6, 6.07) is 0. The Kier molecular flexibility index (Phi) is 62.4. The van der Waals surface area contributed by atoms with E-state index in [1.54, 1.807) is 0 Å². The van der Waals surface area contributed by atoms with Gasteiger partial charge in [-0.25, -0.2) is 4.57 Å². The highest BCUT2D eigenvalue weighted by Gasteiger charge is 2.52. The number of phosphoric ester groups is 1. The molecule has 3 fully saturated rings. The molecular formula is C94H185O19P. The summed E-state index contributed by atoms with van der Waals surface area (Å²) in [6.07, 6.45) is 41.2. The molecule has 0 aromatic heterocycles. The van der Waals surface area contributed by atoms with Crippen LogP contribution in [0.5, 0.6) is 0 Å². The van der Waals surface area contributed by atoms with Gasteiger partial charge in [-0.2, -0.15) is 0 Å². The van der Waals surface area contributed by atoms with Crippen molar-refractivity contribution in [2.45, 2.75) is 471 Å². The van der Waals surface area contributed by atoms with Crippen molar-refractivity contribution in [3.8, 4) is 0 Å². The minimum atomic E-state index is -4.97. The van der Waals surface area contributed by atoms with E-state index in [9.17, 15) is 55.4 Å². The van der Waals surface area contributed by atoms with Crippen LogP contribution in [0, 0.1) is 71.0 Å². The SMILES string of the molecule is C[C@@H]1CCC[C@H](C)CCCCCCCCCCCCCCCCCO[C@H](CO[C@@H]2O[C@H](CO)[C@@H](O)[C@H](O)[C@H]2O)COCC[C@H](C)CCC[C@H](C)CCC[C@H](C)CCC[C@H](C)CC[C@@H](C)CCC[C@@H](C)CCC[C@@H](C)CCC[C@@H](C)CCOC[C@@H](COP(=O)(O)OC2[C@H](O)[C@H](O)C(O)[C@H](O)[C@H]2O)OCC[C@H](C)CCC[C@H](C)CCC1. The molecule has 2 heterocycles. The maximum absolute atomic E-state index is 13.2. The minimum absolute atomic E-state index is 0.0942. The number of phosphoric acid groups is 1. The maximum Gasteiger partial charge on any atom is 0.472 e. The quantitative estimate of drug-likeness (QED) is 0.0960. The Morgan fingerprint density at radius 3 is 0.895 bits per heavy atom. The molecule has 0 bridgehead atoms. The highest BCUT2D eigenvalue weighted by molar-refractivity contribution is 7.47. The topological polar surface area (TPSA) is 293 Å². The smallest absolute Gasteiger partial charge is 0.394 e. The van der Waals surface area contributed by atoms with E-state index in [4.69, 9.17) is 37.5 Å². The number of aliphatic hydroxyl groups excluding tert-OH is 9. The third-order valence-electron chi connectivity index (χ3n) is 26.5. The zero-order chi connectivity index (χ0) is 83.9. The first kappa shape index (κ1) is 108. The molecule has 114 heavy (non-hydrogen) atoms. The third kappa shape index (κ3) is 52.2. The molecule has 0 spiro atoms. The highest BCUT2D eigenvalue weighted by Crippen LogP contribution is 2.47. The van der Waals surface area contributed by atoms with Crippen molar-refractivity contribution in [2.24, 2.45) is 71.0 Å². The van der Waals surface area contributed by atoms with Crippen LogP contribution < -0.4 is 0 Å². The van der Waals surface area contributed by atoms with Crippen molar-refractivity contribution in [1.29, 1.82) is 0 Å². The lowest BCUT2D eigenvalue weighted by Gasteiger charge is -2.41. The van der Waals surface area contributed by atoms with Gasteiger partial charge in [0.1, 0.15) is 73.2 Å². The van der Waals surface area contributed by atoms with Gasteiger partial charge in [-0.3, -0.25) is 9.05 Å². The van der Waals surface area contributed by atoms with Crippen molar-refractivity contribution >= 4 is 7.82 Å². The Morgan fingerprint density at radius 1 is 0.289 bits per heavy atom. The van der Waals surface area contributed by atoms with Crippen LogP contribution in [0.2, 0.25) is 0 Å². The Labute approximate surface area is 698 Å². The molecule has 2 aliphatic heterocycles. The summed E-state index contributed by atoms with van der Waals surface area (Å²) in [5.41, 5.74) is 0. The van der Waals surface area contributed by atoms with E-state index < -0.39 is 87.9 Å². The molecule has 20 heteroatoms. The molecule has 0 aromatic rings. The van der Waals surface area contributed by atoms with E-state index in [1.807, 2.05) is 0 Å². The van der Waals surface area contributed by atoms with E-state index in [0.717, 1.165) is 92.8 Å². The summed E-state index contributed by atoms with van der Waals surface area (Å²) in [6.45, 7) is 30.7. The molecule has 10 N–H and O–H groups in total. The number of hydrogen-bond acceptors (Lipinski definition) is 18. The minimum Gasteiger partial charge on any atom is -0.394 e. The molecule has 19 nitrogen and oxygen atoms in total. The molecule has 1 aliphatic carbocycles. The lowest BCUT2D eigenvalue weighted by Crippen LogP contribution is -2.64. The maximum atomic E-state index is 13.2. The van der Waals surface area contributed by atoms with Gasteiger partial charge >= 0.3 is 7.82 Å². The normalized spacial score (nSPS) is 38.2. The van der Waals surface area contributed by atoms with Crippen LogP contribution >= 0.6 is 7.82 Å². The first-order chi connectivity index (χ1) is 54.6. The molecule has 3 unspecified atom stereocenters. The molecule has 680 valence electrons. The first-order valence-corrected chi connectivity index (χ1v) is 49.4. The third-order valence-corrected chi connectivity index (χ3v) is 27.5. The molecule has 3 aliphatic rings. The summed E-state index contributed by atoms with van der Waals surface area (Å²) < 4.78 is 60.3. The Morgan fingerprint density at radius 2 is 0.553 bits per heavy atom. The van der Waals surface area contributed by atoms with Crippen LogP contribution in [-0.4, -0.2) is 190 Å². The highest BCUT2D eigenvalue weighted by atomic mass is 31.2. The summed E-state index contributed by atoms with van der Waals surface area (Å²) in [4.78, 5) is 10.7. The van der Waals surface area contributed by atoms with Crippen LogP contribution in [0.1, 0.15) is 391 Å². The van der Waals surface area contributed by atoms with Gasteiger partial charge in [0.05, 0.1) is 33.0 Å². The van der Waals surface area contributed by atoms with Crippen molar-refractivity contribution in [3.05, 3.63) is 0 Å². The number of rotatable bonds is 9. The summed E-state index contributed by atoms with van der Waals surface area (Å²) in [5.74, 6) is 8.29. The Balaban J connectivity index is 1.45. The molecule has 0 amide bonds. The van der Waals surface area contributed by atoms with E-state index in [-0.39, 0.29) is 25.9 Å². The van der Waals surface area contributed by atoms with Crippen LogP contribution in [-0.2, 0) is 42.0 Å². The van der Waals surface area contributed by atoms with Crippen molar-refractivity contribution in [3.63, 3.8) is 0 Å². The zero-order valence-electron chi connectivity index (χ0n) is 75.3. The molecule has 0 radical (unpaired) electrons. The second kappa shape index (κ2) is 66.1. The summed E-state index contributed by atoms with van der Waals surface area (Å²) in [7, 11) is -4.97. The van der Waals surface area contributed by atoms with E-state index >= 15 is 0 Å². The van der Waals surface area contributed by atoms with Crippen molar-refractivity contribution in [1.82, 2.24) is 0 Å². The zero-order valence-corrected chi connectivity index (χ0v) is 76.2. The van der Waals surface area contributed by atoms with Crippen LogP contribution in [0.25, 0.3) is 0 Å². The number of hydrogen-bond donors (Lipinski definition) is 10. The van der Waals surface area contributed by atoms with Gasteiger partial charge in [0.25, 0.3) is 0 Å². The lowest BCUT2D eigenvalue weighted by atomic mass is 9.85. The predicted octanol–water partition coefficient (Wildman–Crippen LogP) is 20.3. The average molecular weight is 1650 g/mol. The van der Waals surface area contributed by atoms with Crippen molar-refractivity contribution in [2.75, 3.05) is 59.5 Å². The van der Waals surface area contributed by atoms with Gasteiger partial charge in [-0.1, -0.05) is 366 Å². The van der Waals surface area contributed by atoms with Crippen LogP contribution in [0.3, 0.4) is 0 Å². The largest absolute Gasteiger partial charge is 0.472 e. The molecule has 3 rings (SSSR count). The number of ether oxygens (including phenoxy) is 6. The Hall–Kier alpha value is -0.490. The summed E-state index contributed by atoms with van der Waals surface area (Å²) >= 11 is 0. The predicted molar refractivity (Wildman–Crippen MR) is 463 cm³/mol.